The zero-order valence-electron chi connectivity index (χ0n) is 13.0. The number of rotatable bonds is 6. The second-order valence-electron chi connectivity index (χ2n) is 5.57. The highest BCUT2D eigenvalue weighted by atomic mass is 35.5. The van der Waals surface area contributed by atoms with Crippen molar-refractivity contribution in [1.82, 2.24) is 10.6 Å². The van der Waals surface area contributed by atoms with Crippen molar-refractivity contribution in [3.05, 3.63) is 29.6 Å². The average molecular weight is 331 g/mol. The molecule has 1 fully saturated rings. The molecule has 2 N–H and O–H groups in total. The summed E-state index contributed by atoms with van der Waals surface area (Å²) < 4.78 is 18.6. The first kappa shape index (κ1) is 18.7. The molecule has 2 rings (SSSR count). The zero-order chi connectivity index (χ0) is 15.2. The molecule has 1 amide bonds. The van der Waals surface area contributed by atoms with Gasteiger partial charge in [0.25, 0.3) is 0 Å². The molecule has 1 aromatic rings. The van der Waals surface area contributed by atoms with Gasteiger partial charge in [0.2, 0.25) is 5.91 Å². The van der Waals surface area contributed by atoms with Crippen molar-refractivity contribution in [3.63, 3.8) is 0 Å². The first-order valence-corrected chi connectivity index (χ1v) is 7.43. The molecule has 0 radical (unpaired) electrons. The molecule has 1 aliphatic heterocycles. The lowest BCUT2D eigenvalue weighted by molar-refractivity contribution is -0.122. The molecule has 0 saturated carbocycles. The molecule has 0 aromatic heterocycles. The smallest absolute Gasteiger partial charge is 0.220 e. The molecule has 1 aromatic carbocycles. The molecule has 0 bridgehead atoms. The van der Waals surface area contributed by atoms with Crippen molar-refractivity contribution in [2.24, 2.45) is 5.92 Å². The minimum Gasteiger partial charge on any atom is -0.496 e. The molecule has 0 spiro atoms. The Morgan fingerprint density at radius 3 is 2.95 bits per heavy atom. The van der Waals surface area contributed by atoms with Gasteiger partial charge in [-0.15, -0.1) is 12.4 Å². The fraction of sp³-hybridized carbons (Fsp3) is 0.562. The molecule has 1 heterocycles. The minimum atomic E-state index is -0.330. The van der Waals surface area contributed by atoms with E-state index in [4.69, 9.17) is 4.74 Å². The summed E-state index contributed by atoms with van der Waals surface area (Å²) in [6.45, 7) is 3.88. The number of methoxy groups -OCH3 is 1. The molecular weight excluding hydrogens is 307 g/mol. The van der Waals surface area contributed by atoms with Crippen molar-refractivity contribution in [3.8, 4) is 5.75 Å². The Bertz CT molecular complexity index is 493. The van der Waals surface area contributed by atoms with Crippen LogP contribution in [0.2, 0.25) is 0 Å². The van der Waals surface area contributed by atoms with Gasteiger partial charge in [0.05, 0.1) is 13.2 Å². The summed E-state index contributed by atoms with van der Waals surface area (Å²) in [5, 5.41) is 6.21. The third kappa shape index (κ3) is 5.14. The van der Waals surface area contributed by atoms with E-state index in [-0.39, 0.29) is 30.2 Å². The van der Waals surface area contributed by atoms with Crippen LogP contribution in [-0.4, -0.2) is 26.1 Å². The topological polar surface area (TPSA) is 50.4 Å². The Morgan fingerprint density at radius 1 is 1.55 bits per heavy atom. The first-order chi connectivity index (χ1) is 10.1. The summed E-state index contributed by atoms with van der Waals surface area (Å²) in [6, 6.07) is 4.07. The standard InChI is InChI=1S/C16H23FN2O2.ClH/c1-11(14-9-13(17)4-5-15(14)21-2)19-16(20)6-3-12-7-8-18-10-12;/h4-5,9,11-12,18H,3,6-8,10H2,1-2H3,(H,19,20);1H. The molecule has 6 heteroatoms. The number of carbonyl (C=O) groups is 1. The number of nitrogens with one attached hydrogen (secondary N) is 2. The van der Waals surface area contributed by atoms with Crippen LogP contribution in [-0.2, 0) is 4.79 Å². The van der Waals surface area contributed by atoms with Crippen LogP contribution in [0.3, 0.4) is 0 Å². The number of benzene rings is 1. The SMILES string of the molecule is COc1ccc(F)cc1C(C)NC(=O)CCC1CCNC1.Cl. The molecule has 0 aliphatic carbocycles. The lowest BCUT2D eigenvalue weighted by atomic mass is 10.0. The van der Waals surface area contributed by atoms with Gasteiger partial charge in [-0.25, -0.2) is 4.39 Å². The van der Waals surface area contributed by atoms with Crippen LogP contribution in [0.5, 0.6) is 5.75 Å². The van der Waals surface area contributed by atoms with E-state index in [9.17, 15) is 9.18 Å². The van der Waals surface area contributed by atoms with Gasteiger partial charge in [-0.2, -0.15) is 0 Å². The van der Waals surface area contributed by atoms with Crippen molar-refractivity contribution >= 4 is 18.3 Å². The fourth-order valence-corrected chi connectivity index (χ4v) is 2.73. The Hall–Kier alpha value is -1.33. The molecular formula is C16H24ClFN2O2. The van der Waals surface area contributed by atoms with Crippen LogP contribution in [0, 0.1) is 11.7 Å². The highest BCUT2D eigenvalue weighted by molar-refractivity contribution is 5.85. The monoisotopic (exact) mass is 330 g/mol. The van der Waals surface area contributed by atoms with Crippen LogP contribution in [0.25, 0.3) is 0 Å². The van der Waals surface area contributed by atoms with E-state index >= 15 is 0 Å². The maximum atomic E-state index is 13.4. The van der Waals surface area contributed by atoms with Crippen LogP contribution < -0.4 is 15.4 Å². The Balaban J connectivity index is 0.00000242. The highest BCUT2D eigenvalue weighted by Gasteiger charge is 2.18. The quantitative estimate of drug-likeness (QED) is 0.843. The number of ether oxygens (including phenoxy) is 1. The van der Waals surface area contributed by atoms with E-state index < -0.39 is 0 Å². The van der Waals surface area contributed by atoms with Gasteiger partial charge >= 0.3 is 0 Å². The van der Waals surface area contributed by atoms with Crippen LogP contribution in [0.1, 0.15) is 37.8 Å². The Labute approximate surface area is 137 Å². The number of amides is 1. The summed E-state index contributed by atoms with van der Waals surface area (Å²) in [7, 11) is 1.54. The van der Waals surface area contributed by atoms with Crippen molar-refractivity contribution in [1.29, 1.82) is 0 Å². The third-order valence-electron chi connectivity index (χ3n) is 3.98. The van der Waals surface area contributed by atoms with Gasteiger partial charge in [0, 0.05) is 12.0 Å². The minimum absolute atomic E-state index is 0. The van der Waals surface area contributed by atoms with Crippen LogP contribution in [0.4, 0.5) is 4.39 Å². The van der Waals surface area contributed by atoms with Crippen molar-refractivity contribution in [2.45, 2.75) is 32.2 Å². The van der Waals surface area contributed by atoms with E-state index in [1.54, 1.807) is 13.2 Å². The fourth-order valence-electron chi connectivity index (χ4n) is 2.73. The predicted octanol–water partition coefficient (Wildman–Crippen LogP) is 2.82. The summed E-state index contributed by atoms with van der Waals surface area (Å²) in [6.07, 6.45) is 2.54. The molecule has 22 heavy (non-hydrogen) atoms. The zero-order valence-corrected chi connectivity index (χ0v) is 13.8. The molecule has 2 atom stereocenters. The molecule has 1 saturated heterocycles. The summed E-state index contributed by atoms with van der Waals surface area (Å²) in [5.74, 6) is 0.851. The van der Waals surface area contributed by atoms with Crippen molar-refractivity contribution in [2.75, 3.05) is 20.2 Å². The molecule has 1 aliphatic rings. The second-order valence-corrected chi connectivity index (χ2v) is 5.57. The third-order valence-corrected chi connectivity index (χ3v) is 3.98. The maximum absolute atomic E-state index is 13.4. The lowest BCUT2D eigenvalue weighted by Crippen LogP contribution is -2.27. The summed E-state index contributed by atoms with van der Waals surface area (Å²) in [5.41, 5.74) is 0.661. The highest BCUT2D eigenvalue weighted by Crippen LogP contribution is 2.26. The average Bonchev–Trinajstić information content (AvgIpc) is 2.98. The molecule has 2 unspecified atom stereocenters. The van der Waals surface area contributed by atoms with E-state index in [0.717, 1.165) is 25.9 Å². The largest absolute Gasteiger partial charge is 0.496 e. The van der Waals surface area contributed by atoms with Gasteiger partial charge in [-0.05, 0) is 57.0 Å². The maximum Gasteiger partial charge on any atom is 0.220 e. The molecule has 124 valence electrons. The van der Waals surface area contributed by atoms with Gasteiger partial charge in [-0.1, -0.05) is 0 Å². The number of hydrogen-bond acceptors (Lipinski definition) is 3. The predicted molar refractivity (Wildman–Crippen MR) is 87.0 cm³/mol. The van der Waals surface area contributed by atoms with Gasteiger partial charge in [0.15, 0.2) is 0 Å². The van der Waals surface area contributed by atoms with Gasteiger partial charge in [-0.3, -0.25) is 4.79 Å². The Kier molecular flexibility index (Phi) is 7.62. The van der Waals surface area contributed by atoms with Crippen LogP contribution in [0.15, 0.2) is 18.2 Å². The van der Waals surface area contributed by atoms with E-state index in [1.165, 1.54) is 12.1 Å². The van der Waals surface area contributed by atoms with Crippen molar-refractivity contribution < 1.29 is 13.9 Å². The summed E-state index contributed by atoms with van der Waals surface area (Å²) in [4.78, 5) is 12.0. The van der Waals surface area contributed by atoms with Gasteiger partial charge < -0.3 is 15.4 Å². The first-order valence-electron chi connectivity index (χ1n) is 7.43. The molecule has 4 nitrogen and oxygen atoms in total. The van der Waals surface area contributed by atoms with E-state index in [0.29, 0.717) is 23.7 Å². The normalized spacial score (nSPS) is 18.4. The van der Waals surface area contributed by atoms with E-state index in [2.05, 4.69) is 10.6 Å². The lowest BCUT2D eigenvalue weighted by Gasteiger charge is -2.18. The second kappa shape index (κ2) is 8.96. The number of halogens is 2. The van der Waals surface area contributed by atoms with Crippen LogP contribution >= 0.6 is 12.4 Å². The van der Waals surface area contributed by atoms with Gasteiger partial charge in [0.1, 0.15) is 11.6 Å². The number of carbonyl (C=O) groups excluding carboxylic acids is 1. The van der Waals surface area contributed by atoms with E-state index in [1.807, 2.05) is 6.92 Å². The Morgan fingerprint density at radius 2 is 2.32 bits per heavy atom. The number of hydrogen-bond donors (Lipinski definition) is 2. The summed E-state index contributed by atoms with van der Waals surface area (Å²) >= 11 is 0.